The number of pyridine rings is 1. The van der Waals surface area contributed by atoms with Gasteiger partial charge in [-0.2, -0.15) is 0 Å². The standard InChI is InChI=1S/C23H28N2O3/c1-15-11-16(2)24(3)21(27)20(15)22(28)25-18-9-10-19(25)23(13-18,14-26)12-17-7-5-4-6-8-17/h4-8,11,18-19,26H,9-10,12-14H2,1-3H3/t18-,19+,23-/m0/s1. The third kappa shape index (κ3) is 2.80. The lowest BCUT2D eigenvalue weighted by molar-refractivity contribution is 0.0569. The molecule has 2 bridgehead atoms. The highest BCUT2D eigenvalue weighted by molar-refractivity contribution is 5.96. The lowest BCUT2D eigenvalue weighted by atomic mass is 9.70. The predicted octanol–water partition coefficient (Wildman–Crippen LogP) is 2.60. The van der Waals surface area contributed by atoms with Crippen molar-refractivity contribution < 1.29 is 9.90 Å². The van der Waals surface area contributed by atoms with Gasteiger partial charge >= 0.3 is 0 Å². The molecule has 5 nitrogen and oxygen atoms in total. The maximum atomic E-state index is 13.5. The predicted molar refractivity (Wildman–Crippen MR) is 108 cm³/mol. The minimum atomic E-state index is -0.330. The molecular weight excluding hydrogens is 352 g/mol. The van der Waals surface area contributed by atoms with E-state index in [1.165, 1.54) is 5.56 Å². The summed E-state index contributed by atoms with van der Waals surface area (Å²) in [7, 11) is 1.71. The van der Waals surface area contributed by atoms with E-state index in [9.17, 15) is 14.7 Å². The fourth-order valence-electron chi connectivity index (χ4n) is 5.38. The van der Waals surface area contributed by atoms with Crippen LogP contribution < -0.4 is 5.56 Å². The number of hydrogen-bond donors (Lipinski definition) is 1. The van der Waals surface area contributed by atoms with Crippen molar-refractivity contribution in [1.82, 2.24) is 9.47 Å². The van der Waals surface area contributed by atoms with Crippen LogP contribution in [0.1, 0.15) is 46.4 Å². The highest BCUT2D eigenvalue weighted by atomic mass is 16.3. The number of fused-ring (bicyclic) bond motifs is 2. The summed E-state index contributed by atoms with van der Waals surface area (Å²) in [6.45, 7) is 3.76. The Morgan fingerprint density at radius 3 is 2.61 bits per heavy atom. The number of amides is 1. The summed E-state index contributed by atoms with van der Waals surface area (Å²) in [5.41, 5.74) is 2.47. The van der Waals surface area contributed by atoms with Crippen LogP contribution in [0.2, 0.25) is 0 Å². The monoisotopic (exact) mass is 380 g/mol. The number of aliphatic hydroxyl groups is 1. The minimum absolute atomic E-state index is 0.0272. The van der Waals surface area contributed by atoms with Crippen LogP contribution in [0.3, 0.4) is 0 Å². The van der Waals surface area contributed by atoms with Crippen molar-refractivity contribution in [1.29, 1.82) is 0 Å². The van der Waals surface area contributed by atoms with Crippen molar-refractivity contribution in [3.8, 4) is 0 Å². The molecule has 1 aromatic carbocycles. The Labute approximate surface area is 165 Å². The largest absolute Gasteiger partial charge is 0.396 e. The molecule has 0 spiro atoms. The van der Waals surface area contributed by atoms with E-state index in [4.69, 9.17) is 0 Å². The summed E-state index contributed by atoms with van der Waals surface area (Å²) in [6, 6.07) is 12.1. The van der Waals surface area contributed by atoms with Crippen LogP contribution >= 0.6 is 0 Å². The van der Waals surface area contributed by atoms with E-state index in [0.29, 0.717) is 0 Å². The molecular formula is C23H28N2O3. The molecule has 1 amide bonds. The van der Waals surface area contributed by atoms with Crippen LogP contribution in [0.15, 0.2) is 41.2 Å². The summed E-state index contributed by atoms with van der Waals surface area (Å²) < 4.78 is 1.54. The van der Waals surface area contributed by atoms with E-state index in [-0.39, 0.29) is 41.1 Å². The molecule has 5 heteroatoms. The second-order valence-electron chi connectivity index (χ2n) is 8.55. The average Bonchev–Trinajstić information content (AvgIpc) is 3.23. The Balaban J connectivity index is 1.70. The molecule has 3 atom stereocenters. The first-order valence-corrected chi connectivity index (χ1v) is 10.0. The van der Waals surface area contributed by atoms with Gasteiger partial charge in [-0.15, -0.1) is 0 Å². The van der Waals surface area contributed by atoms with Gasteiger partial charge in [0.05, 0.1) is 6.61 Å². The molecule has 1 aromatic heterocycles. The quantitative estimate of drug-likeness (QED) is 0.887. The van der Waals surface area contributed by atoms with E-state index in [0.717, 1.165) is 36.9 Å². The van der Waals surface area contributed by atoms with Crippen LogP contribution in [0.5, 0.6) is 0 Å². The lowest BCUT2D eigenvalue weighted by Gasteiger charge is -2.36. The van der Waals surface area contributed by atoms with Gasteiger partial charge in [-0.1, -0.05) is 30.3 Å². The molecule has 148 valence electrons. The van der Waals surface area contributed by atoms with Gasteiger partial charge < -0.3 is 14.6 Å². The first kappa shape index (κ1) is 18.9. The molecule has 0 saturated carbocycles. The van der Waals surface area contributed by atoms with E-state index in [2.05, 4.69) is 12.1 Å². The third-order valence-corrected chi connectivity index (χ3v) is 6.88. The molecule has 2 aromatic rings. The fraction of sp³-hybridized carbons (Fsp3) is 0.478. The summed E-state index contributed by atoms with van der Waals surface area (Å²) in [5, 5.41) is 10.4. The van der Waals surface area contributed by atoms with E-state index < -0.39 is 0 Å². The number of rotatable bonds is 4. The number of aliphatic hydroxyl groups excluding tert-OH is 1. The zero-order valence-corrected chi connectivity index (χ0v) is 16.8. The number of carbonyl (C=O) groups is 1. The maximum absolute atomic E-state index is 13.5. The summed E-state index contributed by atoms with van der Waals surface area (Å²) in [5.74, 6) is -0.172. The normalized spacial score (nSPS) is 26.1. The molecule has 2 aliphatic rings. The Kier molecular flexibility index (Phi) is 4.66. The number of aromatic nitrogens is 1. The van der Waals surface area contributed by atoms with Crippen molar-refractivity contribution in [2.45, 2.75) is 51.6 Å². The minimum Gasteiger partial charge on any atom is -0.396 e. The molecule has 0 aliphatic carbocycles. The SMILES string of the molecule is Cc1cc(C)n(C)c(=O)c1C(=O)N1[C@H]2CC[C@@H]1[C@@](CO)(Cc1ccccc1)C2. The van der Waals surface area contributed by atoms with E-state index in [1.54, 1.807) is 11.6 Å². The van der Waals surface area contributed by atoms with Gasteiger partial charge in [0.1, 0.15) is 5.56 Å². The third-order valence-electron chi connectivity index (χ3n) is 6.88. The van der Waals surface area contributed by atoms with Crippen molar-refractivity contribution in [2.75, 3.05) is 6.61 Å². The number of carbonyl (C=O) groups excluding carboxylic acids is 1. The zero-order chi connectivity index (χ0) is 20.1. The van der Waals surface area contributed by atoms with Gasteiger partial charge in [0.2, 0.25) is 0 Å². The van der Waals surface area contributed by atoms with Gasteiger partial charge in [-0.25, -0.2) is 0 Å². The van der Waals surface area contributed by atoms with Crippen LogP contribution in [0, 0.1) is 19.3 Å². The number of nitrogens with zero attached hydrogens (tertiary/aromatic N) is 2. The summed E-state index contributed by atoms with van der Waals surface area (Å²) >= 11 is 0. The smallest absolute Gasteiger partial charge is 0.263 e. The first-order valence-electron chi connectivity index (χ1n) is 10.0. The number of benzene rings is 1. The Morgan fingerprint density at radius 2 is 1.93 bits per heavy atom. The Morgan fingerprint density at radius 1 is 1.21 bits per heavy atom. The maximum Gasteiger partial charge on any atom is 0.263 e. The van der Waals surface area contributed by atoms with Crippen molar-refractivity contribution in [3.05, 3.63) is 69.1 Å². The molecule has 0 unspecified atom stereocenters. The Bertz CT molecular complexity index is 966. The molecule has 3 heterocycles. The Hall–Kier alpha value is -2.40. The highest BCUT2D eigenvalue weighted by Gasteiger charge is 2.57. The molecule has 1 N–H and O–H groups in total. The van der Waals surface area contributed by atoms with Gasteiger partial charge in [0, 0.05) is 30.2 Å². The molecule has 4 rings (SSSR count). The average molecular weight is 380 g/mol. The van der Waals surface area contributed by atoms with Crippen molar-refractivity contribution in [2.24, 2.45) is 12.5 Å². The van der Waals surface area contributed by atoms with Crippen molar-refractivity contribution >= 4 is 5.91 Å². The second kappa shape index (κ2) is 6.89. The van der Waals surface area contributed by atoms with Crippen LogP contribution in [-0.2, 0) is 13.5 Å². The molecule has 2 aliphatic heterocycles. The number of aryl methyl sites for hydroxylation is 2. The highest BCUT2D eigenvalue weighted by Crippen LogP contribution is 2.51. The van der Waals surface area contributed by atoms with Crippen LogP contribution in [0.25, 0.3) is 0 Å². The molecule has 2 fully saturated rings. The molecule has 2 saturated heterocycles. The van der Waals surface area contributed by atoms with Crippen molar-refractivity contribution in [3.63, 3.8) is 0 Å². The fourth-order valence-corrected chi connectivity index (χ4v) is 5.38. The summed E-state index contributed by atoms with van der Waals surface area (Å²) in [4.78, 5) is 28.2. The van der Waals surface area contributed by atoms with Crippen LogP contribution in [-0.4, -0.2) is 39.2 Å². The number of hydrogen-bond acceptors (Lipinski definition) is 3. The lowest BCUT2D eigenvalue weighted by Crippen LogP contribution is -2.45. The van der Waals surface area contributed by atoms with Gasteiger partial charge in [-0.05, 0) is 56.7 Å². The van der Waals surface area contributed by atoms with Crippen LogP contribution in [0.4, 0.5) is 0 Å². The molecule has 28 heavy (non-hydrogen) atoms. The summed E-state index contributed by atoms with van der Waals surface area (Å²) in [6.07, 6.45) is 3.37. The van der Waals surface area contributed by atoms with E-state index in [1.807, 2.05) is 43.0 Å². The first-order chi connectivity index (χ1) is 13.4. The topological polar surface area (TPSA) is 62.5 Å². The van der Waals surface area contributed by atoms with E-state index >= 15 is 0 Å². The van der Waals surface area contributed by atoms with Gasteiger partial charge in [0.25, 0.3) is 11.5 Å². The second-order valence-corrected chi connectivity index (χ2v) is 8.55. The molecule has 0 radical (unpaired) electrons. The zero-order valence-electron chi connectivity index (χ0n) is 16.8. The van der Waals surface area contributed by atoms with Gasteiger partial charge in [0.15, 0.2) is 0 Å². The van der Waals surface area contributed by atoms with Gasteiger partial charge in [-0.3, -0.25) is 9.59 Å².